The summed E-state index contributed by atoms with van der Waals surface area (Å²) >= 11 is 12.1. The second-order valence-electron chi connectivity index (χ2n) is 7.63. The topological polar surface area (TPSA) is 69.7 Å². The average Bonchev–Trinajstić information content (AvgIpc) is 3.06. The largest absolute Gasteiger partial charge is 0.357 e. The first kappa shape index (κ1) is 22.1. The lowest BCUT2D eigenvalue weighted by Gasteiger charge is -2.30. The smallest absolute Gasteiger partial charge is 0.259 e. The minimum absolute atomic E-state index is 0.142. The van der Waals surface area contributed by atoms with Crippen LogP contribution in [-0.4, -0.2) is 42.3 Å². The first-order valence-corrected chi connectivity index (χ1v) is 10.9. The number of likely N-dealkylation sites (N-methyl/N-ethyl adjacent to an activating group) is 1. The van der Waals surface area contributed by atoms with Crippen molar-refractivity contribution in [1.29, 1.82) is 0 Å². The SMILES string of the molecule is CNC(=O)[C@H](C)N(Cc1ccc(Cl)c(Cl)c1)C(=O)CN1C(=O)c2cccc3cccc1c23. The van der Waals surface area contributed by atoms with E-state index in [1.807, 2.05) is 30.3 Å². The van der Waals surface area contributed by atoms with Gasteiger partial charge in [0.1, 0.15) is 12.6 Å². The van der Waals surface area contributed by atoms with Crippen molar-refractivity contribution in [3.8, 4) is 0 Å². The van der Waals surface area contributed by atoms with Gasteiger partial charge in [0.05, 0.1) is 15.7 Å². The van der Waals surface area contributed by atoms with Crippen molar-refractivity contribution >= 4 is 57.4 Å². The third kappa shape index (κ3) is 3.92. The van der Waals surface area contributed by atoms with Crippen LogP contribution >= 0.6 is 23.2 Å². The Kier molecular flexibility index (Phi) is 6.09. The van der Waals surface area contributed by atoms with E-state index in [1.165, 1.54) is 16.8 Å². The minimum atomic E-state index is -0.752. The number of anilines is 1. The molecule has 3 aromatic carbocycles. The van der Waals surface area contributed by atoms with Crippen molar-refractivity contribution < 1.29 is 14.4 Å². The maximum atomic E-state index is 13.4. The van der Waals surface area contributed by atoms with Gasteiger partial charge in [0, 0.05) is 24.5 Å². The number of hydrogen-bond acceptors (Lipinski definition) is 3. The molecule has 3 aromatic rings. The van der Waals surface area contributed by atoms with E-state index in [9.17, 15) is 14.4 Å². The second kappa shape index (κ2) is 8.81. The predicted molar refractivity (Wildman–Crippen MR) is 126 cm³/mol. The lowest BCUT2D eigenvalue weighted by atomic mass is 10.1. The van der Waals surface area contributed by atoms with Crippen molar-refractivity contribution in [3.63, 3.8) is 0 Å². The fourth-order valence-electron chi connectivity index (χ4n) is 3.99. The molecule has 1 atom stereocenters. The zero-order chi connectivity index (χ0) is 23.0. The molecule has 6 nitrogen and oxygen atoms in total. The molecule has 0 aliphatic carbocycles. The number of nitrogens with zero attached hydrogens (tertiary/aromatic N) is 2. The Hall–Kier alpha value is -3.09. The Morgan fingerprint density at radius 1 is 1.06 bits per heavy atom. The van der Waals surface area contributed by atoms with Gasteiger partial charge in [0.25, 0.3) is 5.91 Å². The standard InChI is InChI=1S/C24H21Cl2N3O3/c1-14(23(31)27-2)28(12-15-9-10-18(25)19(26)11-15)21(30)13-29-20-8-4-6-16-5-3-7-17(22(16)20)24(29)32/h3-11,14H,12-13H2,1-2H3,(H,27,31)/t14-/m0/s1. The van der Waals surface area contributed by atoms with E-state index < -0.39 is 6.04 Å². The maximum Gasteiger partial charge on any atom is 0.259 e. The first-order valence-electron chi connectivity index (χ1n) is 10.1. The van der Waals surface area contributed by atoms with E-state index in [4.69, 9.17) is 23.2 Å². The Morgan fingerprint density at radius 2 is 1.78 bits per heavy atom. The van der Waals surface area contributed by atoms with Crippen LogP contribution in [0.25, 0.3) is 10.8 Å². The van der Waals surface area contributed by atoms with Crippen LogP contribution in [0.1, 0.15) is 22.8 Å². The predicted octanol–water partition coefficient (Wildman–Crippen LogP) is 4.27. The van der Waals surface area contributed by atoms with Crippen molar-refractivity contribution in [2.75, 3.05) is 18.5 Å². The summed E-state index contributed by atoms with van der Waals surface area (Å²) in [7, 11) is 1.52. The van der Waals surface area contributed by atoms with E-state index in [0.29, 0.717) is 21.3 Å². The summed E-state index contributed by atoms with van der Waals surface area (Å²) in [5.74, 6) is -0.894. The van der Waals surface area contributed by atoms with Crippen LogP contribution in [-0.2, 0) is 16.1 Å². The highest BCUT2D eigenvalue weighted by Crippen LogP contribution is 2.37. The maximum absolute atomic E-state index is 13.4. The van der Waals surface area contributed by atoms with Gasteiger partial charge in [-0.15, -0.1) is 0 Å². The number of nitrogens with one attached hydrogen (secondary N) is 1. The summed E-state index contributed by atoms with van der Waals surface area (Å²) in [6, 6.07) is 15.5. The molecule has 0 radical (unpaired) electrons. The van der Waals surface area contributed by atoms with Crippen LogP contribution in [0.4, 0.5) is 5.69 Å². The van der Waals surface area contributed by atoms with Crippen molar-refractivity contribution in [3.05, 3.63) is 75.8 Å². The molecule has 3 amide bonds. The van der Waals surface area contributed by atoms with Gasteiger partial charge in [-0.2, -0.15) is 0 Å². The summed E-state index contributed by atoms with van der Waals surface area (Å²) in [4.78, 5) is 41.8. The first-order chi connectivity index (χ1) is 15.3. The van der Waals surface area contributed by atoms with Crippen LogP contribution in [0.15, 0.2) is 54.6 Å². The van der Waals surface area contributed by atoms with Gasteiger partial charge >= 0.3 is 0 Å². The highest BCUT2D eigenvalue weighted by Gasteiger charge is 2.34. The van der Waals surface area contributed by atoms with Crippen LogP contribution in [0.2, 0.25) is 10.0 Å². The molecule has 8 heteroatoms. The third-order valence-electron chi connectivity index (χ3n) is 5.69. The van der Waals surface area contributed by atoms with Crippen molar-refractivity contribution in [2.45, 2.75) is 19.5 Å². The number of carbonyl (C=O) groups excluding carboxylic acids is 3. The van der Waals surface area contributed by atoms with Gasteiger partial charge in [0.2, 0.25) is 11.8 Å². The van der Waals surface area contributed by atoms with Gasteiger partial charge in [-0.25, -0.2) is 0 Å². The van der Waals surface area contributed by atoms with Gasteiger partial charge in [-0.3, -0.25) is 19.3 Å². The Labute approximate surface area is 195 Å². The van der Waals surface area contributed by atoms with Gasteiger partial charge in [-0.1, -0.05) is 53.5 Å². The van der Waals surface area contributed by atoms with Crippen LogP contribution in [0.5, 0.6) is 0 Å². The highest BCUT2D eigenvalue weighted by molar-refractivity contribution is 6.42. The molecule has 0 bridgehead atoms. The van der Waals surface area contributed by atoms with E-state index in [-0.39, 0.29) is 30.8 Å². The van der Waals surface area contributed by atoms with Gasteiger partial charge in [0.15, 0.2) is 0 Å². The van der Waals surface area contributed by atoms with Crippen LogP contribution in [0, 0.1) is 0 Å². The highest BCUT2D eigenvalue weighted by atomic mass is 35.5. The molecule has 1 N–H and O–H groups in total. The molecule has 0 fully saturated rings. The third-order valence-corrected chi connectivity index (χ3v) is 6.43. The number of rotatable bonds is 6. The molecule has 4 rings (SSSR count). The van der Waals surface area contributed by atoms with E-state index in [0.717, 1.165) is 16.3 Å². The second-order valence-corrected chi connectivity index (χ2v) is 8.45. The van der Waals surface area contributed by atoms with Gasteiger partial charge in [-0.05, 0) is 42.1 Å². The van der Waals surface area contributed by atoms with Crippen LogP contribution < -0.4 is 10.2 Å². The Morgan fingerprint density at radius 3 is 2.47 bits per heavy atom. The minimum Gasteiger partial charge on any atom is -0.357 e. The fraction of sp³-hybridized carbons (Fsp3) is 0.208. The number of halogens is 2. The monoisotopic (exact) mass is 469 g/mol. The zero-order valence-corrected chi connectivity index (χ0v) is 19.1. The Bertz CT molecular complexity index is 1240. The molecule has 0 saturated carbocycles. The molecule has 164 valence electrons. The Balaban J connectivity index is 1.64. The van der Waals surface area contributed by atoms with E-state index in [2.05, 4.69) is 5.32 Å². The van der Waals surface area contributed by atoms with Gasteiger partial charge < -0.3 is 10.2 Å². The number of hydrogen-bond donors (Lipinski definition) is 1. The summed E-state index contributed by atoms with van der Waals surface area (Å²) in [5.41, 5.74) is 1.99. The van der Waals surface area contributed by atoms with Crippen molar-refractivity contribution in [2.24, 2.45) is 0 Å². The average molecular weight is 470 g/mol. The summed E-state index contributed by atoms with van der Waals surface area (Å²) < 4.78 is 0. The normalized spacial score (nSPS) is 13.4. The molecule has 1 heterocycles. The van der Waals surface area contributed by atoms with Crippen LogP contribution in [0.3, 0.4) is 0 Å². The molecule has 1 aliphatic rings. The molecule has 0 saturated heterocycles. The quantitative estimate of drug-likeness (QED) is 0.585. The number of benzene rings is 3. The number of amides is 3. The fourth-order valence-corrected chi connectivity index (χ4v) is 4.31. The summed E-state index contributed by atoms with van der Waals surface area (Å²) in [6.45, 7) is 1.61. The zero-order valence-electron chi connectivity index (χ0n) is 17.6. The van der Waals surface area contributed by atoms with E-state index in [1.54, 1.807) is 31.2 Å². The molecular weight excluding hydrogens is 449 g/mol. The molecule has 0 aromatic heterocycles. The molecular formula is C24H21Cl2N3O3. The summed E-state index contributed by atoms with van der Waals surface area (Å²) in [6.07, 6.45) is 0. The molecule has 0 spiro atoms. The summed E-state index contributed by atoms with van der Waals surface area (Å²) in [5, 5.41) is 5.12. The molecule has 1 aliphatic heterocycles. The lowest BCUT2D eigenvalue weighted by molar-refractivity contribution is -0.139. The molecule has 32 heavy (non-hydrogen) atoms. The van der Waals surface area contributed by atoms with E-state index >= 15 is 0 Å². The number of carbonyl (C=O) groups is 3. The lowest BCUT2D eigenvalue weighted by Crippen LogP contribution is -2.50. The van der Waals surface area contributed by atoms with Crippen molar-refractivity contribution in [1.82, 2.24) is 10.2 Å². The molecule has 0 unspecified atom stereocenters.